The van der Waals surface area contributed by atoms with Gasteiger partial charge >= 0.3 is 0 Å². The Balaban J connectivity index is 1.85. The highest BCUT2D eigenvalue weighted by atomic mass is 16.1. The third-order valence-corrected chi connectivity index (χ3v) is 5.82. The molecule has 0 fully saturated rings. The quantitative estimate of drug-likeness (QED) is 0.405. The summed E-state index contributed by atoms with van der Waals surface area (Å²) >= 11 is 0. The van der Waals surface area contributed by atoms with Crippen LogP contribution in [0, 0.1) is 41.5 Å². The molecule has 1 heterocycles. The van der Waals surface area contributed by atoms with Crippen LogP contribution in [-0.2, 0) is 13.0 Å². The van der Waals surface area contributed by atoms with Gasteiger partial charge in [0.15, 0.2) is 0 Å². The van der Waals surface area contributed by atoms with Crippen molar-refractivity contribution < 1.29 is 4.79 Å². The molecule has 174 valence electrons. The van der Waals surface area contributed by atoms with Crippen molar-refractivity contribution >= 4 is 17.6 Å². The van der Waals surface area contributed by atoms with E-state index in [1.54, 1.807) is 0 Å². The molecule has 0 radical (unpaired) electrons. The van der Waals surface area contributed by atoms with E-state index >= 15 is 0 Å². The van der Waals surface area contributed by atoms with Crippen LogP contribution in [0.2, 0.25) is 0 Å². The molecule has 0 spiro atoms. The summed E-state index contributed by atoms with van der Waals surface area (Å²) < 4.78 is 2.02. The number of benzene rings is 2. The lowest BCUT2D eigenvalue weighted by Crippen LogP contribution is -2.36. The number of carbonyl (C=O) groups excluding carboxylic acids is 1. The van der Waals surface area contributed by atoms with E-state index in [-0.39, 0.29) is 5.91 Å². The summed E-state index contributed by atoms with van der Waals surface area (Å²) in [5.41, 5.74) is 9.32. The molecule has 0 bridgehead atoms. The molecule has 6 heteroatoms. The molecule has 1 amide bonds. The Morgan fingerprint density at radius 2 is 1.67 bits per heavy atom. The Hall–Kier alpha value is -3.41. The van der Waals surface area contributed by atoms with Gasteiger partial charge in [-0.05, 0) is 89.8 Å². The van der Waals surface area contributed by atoms with Gasteiger partial charge in [0.1, 0.15) is 0 Å². The Bertz CT molecular complexity index is 1170. The molecule has 6 nitrogen and oxygen atoms in total. The van der Waals surface area contributed by atoms with E-state index < -0.39 is 0 Å². The highest BCUT2D eigenvalue weighted by molar-refractivity contribution is 6.10. The van der Waals surface area contributed by atoms with E-state index in [1.807, 2.05) is 51.4 Å². The van der Waals surface area contributed by atoms with Gasteiger partial charge in [-0.3, -0.25) is 19.8 Å². The number of aliphatic imine (C=N–C) groups is 1. The largest absolute Gasteiger partial charge is 0.326 e. The number of amides is 1. The van der Waals surface area contributed by atoms with Crippen LogP contribution in [0.15, 0.2) is 41.4 Å². The molecule has 0 saturated carbocycles. The first-order chi connectivity index (χ1) is 15.7. The van der Waals surface area contributed by atoms with Gasteiger partial charge in [0, 0.05) is 30.0 Å². The van der Waals surface area contributed by atoms with Gasteiger partial charge in [0.2, 0.25) is 5.96 Å². The number of nitrogens with one attached hydrogen (secondary N) is 2. The van der Waals surface area contributed by atoms with Gasteiger partial charge in [0.25, 0.3) is 5.91 Å². The predicted molar refractivity (Wildman–Crippen MR) is 136 cm³/mol. The third-order valence-electron chi connectivity index (χ3n) is 5.82. The van der Waals surface area contributed by atoms with E-state index in [0.717, 1.165) is 46.6 Å². The highest BCUT2D eigenvalue weighted by Crippen LogP contribution is 2.17. The van der Waals surface area contributed by atoms with Crippen molar-refractivity contribution in [2.24, 2.45) is 4.99 Å². The number of aromatic nitrogens is 2. The summed E-state index contributed by atoms with van der Waals surface area (Å²) in [5.74, 6) is 0.274. The van der Waals surface area contributed by atoms with Crippen LogP contribution in [0.4, 0.5) is 5.69 Å². The van der Waals surface area contributed by atoms with E-state index in [2.05, 4.69) is 53.8 Å². The van der Waals surface area contributed by atoms with Crippen molar-refractivity contribution in [2.75, 3.05) is 11.9 Å². The summed E-state index contributed by atoms with van der Waals surface area (Å²) in [6.07, 6.45) is 0.759. The molecule has 0 unspecified atom stereocenters. The number of hydrogen-bond donors (Lipinski definition) is 2. The standard InChI is InChI=1S/C27H35N5O/c1-8-32-22(7)24(21(6)31-32)11-12-28-27(29-25-16-17(2)9-10-20(25)5)30-26(33)23-14-18(3)13-19(4)15-23/h9-10,13-16H,8,11-12H2,1-7H3,(H2,28,29,30,33). The van der Waals surface area contributed by atoms with Gasteiger partial charge < -0.3 is 5.32 Å². The maximum Gasteiger partial charge on any atom is 0.257 e. The van der Waals surface area contributed by atoms with Crippen LogP contribution in [0.1, 0.15) is 56.5 Å². The molecule has 0 saturated heterocycles. The summed E-state index contributed by atoms with van der Waals surface area (Å²) in [7, 11) is 0. The second-order valence-corrected chi connectivity index (χ2v) is 8.72. The smallest absolute Gasteiger partial charge is 0.257 e. The minimum Gasteiger partial charge on any atom is -0.326 e. The predicted octanol–water partition coefficient (Wildman–Crippen LogP) is 5.19. The van der Waals surface area contributed by atoms with Crippen LogP contribution >= 0.6 is 0 Å². The molecule has 3 rings (SSSR count). The van der Waals surface area contributed by atoms with Crippen molar-refractivity contribution in [1.82, 2.24) is 15.1 Å². The third kappa shape index (κ3) is 6.09. The topological polar surface area (TPSA) is 71.3 Å². The number of nitrogens with zero attached hydrogens (tertiary/aromatic N) is 3. The number of guanidine groups is 1. The average molecular weight is 446 g/mol. The molecular weight excluding hydrogens is 410 g/mol. The minimum absolute atomic E-state index is 0.176. The van der Waals surface area contributed by atoms with Crippen LogP contribution in [0.5, 0.6) is 0 Å². The summed E-state index contributed by atoms with van der Waals surface area (Å²) in [6.45, 7) is 15.7. The molecular formula is C27H35N5O. The van der Waals surface area contributed by atoms with Crippen molar-refractivity contribution in [3.8, 4) is 0 Å². The molecule has 2 N–H and O–H groups in total. The van der Waals surface area contributed by atoms with Gasteiger partial charge in [-0.15, -0.1) is 0 Å². The van der Waals surface area contributed by atoms with Crippen LogP contribution < -0.4 is 10.6 Å². The van der Waals surface area contributed by atoms with Crippen molar-refractivity contribution in [3.63, 3.8) is 0 Å². The fourth-order valence-corrected chi connectivity index (χ4v) is 4.08. The maximum atomic E-state index is 13.0. The lowest BCUT2D eigenvalue weighted by Gasteiger charge is -2.15. The summed E-state index contributed by atoms with van der Waals surface area (Å²) in [4.78, 5) is 17.8. The van der Waals surface area contributed by atoms with E-state index in [1.165, 1.54) is 11.3 Å². The number of aryl methyl sites for hydroxylation is 6. The van der Waals surface area contributed by atoms with E-state index in [9.17, 15) is 4.79 Å². The first-order valence-corrected chi connectivity index (χ1v) is 11.5. The maximum absolute atomic E-state index is 13.0. The molecule has 0 atom stereocenters. The number of anilines is 1. The number of rotatable bonds is 6. The zero-order valence-electron chi connectivity index (χ0n) is 20.8. The van der Waals surface area contributed by atoms with E-state index in [0.29, 0.717) is 18.1 Å². The van der Waals surface area contributed by atoms with Crippen molar-refractivity contribution in [2.45, 2.75) is 61.4 Å². The number of hydrogen-bond acceptors (Lipinski definition) is 3. The molecule has 2 aromatic carbocycles. The zero-order chi connectivity index (χ0) is 24.1. The molecule has 0 aliphatic heterocycles. The second-order valence-electron chi connectivity index (χ2n) is 8.72. The fraction of sp³-hybridized carbons (Fsp3) is 0.370. The first kappa shape index (κ1) is 24.2. The highest BCUT2D eigenvalue weighted by Gasteiger charge is 2.13. The summed E-state index contributed by atoms with van der Waals surface area (Å²) in [6, 6.07) is 12.0. The van der Waals surface area contributed by atoms with Gasteiger partial charge in [0.05, 0.1) is 5.69 Å². The molecule has 1 aromatic heterocycles. The minimum atomic E-state index is -0.176. The monoisotopic (exact) mass is 445 g/mol. The Morgan fingerprint density at radius 3 is 2.30 bits per heavy atom. The van der Waals surface area contributed by atoms with Gasteiger partial charge in [-0.2, -0.15) is 5.10 Å². The zero-order valence-corrected chi connectivity index (χ0v) is 20.8. The Morgan fingerprint density at radius 1 is 0.970 bits per heavy atom. The molecule has 3 aromatic rings. The molecule has 0 aliphatic carbocycles. The first-order valence-electron chi connectivity index (χ1n) is 11.5. The van der Waals surface area contributed by atoms with Crippen LogP contribution in [-0.4, -0.2) is 28.2 Å². The molecule has 0 aliphatic rings. The number of carbonyl (C=O) groups is 1. The average Bonchev–Trinajstić information content (AvgIpc) is 3.03. The Kier molecular flexibility index (Phi) is 7.69. The van der Waals surface area contributed by atoms with Crippen molar-refractivity contribution in [1.29, 1.82) is 0 Å². The molecule has 33 heavy (non-hydrogen) atoms. The second kappa shape index (κ2) is 10.5. The van der Waals surface area contributed by atoms with Crippen LogP contribution in [0.3, 0.4) is 0 Å². The fourth-order valence-electron chi connectivity index (χ4n) is 4.08. The Labute approximate surface area is 197 Å². The SMILES string of the molecule is CCn1nc(C)c(CCN=C(NC(=O)c2cc(C)cc(C)c2)Nc2cc(C)ccc2C)c1C. The normalized spacial score (nSPS) is 11.5. The lowest BCUT2D eigenvalue weighted by molar-refractivity contribution is 0.0976. The van der Waals surface area contributed by atoms with Crippen molar-refractivity contribution in [3.05, 3.63) is 81.2 Å². The lowest BCUT2D eigenvalue weighted by atomic mass is 10.1. The van der Waals surface area contributed by atoms with Gasteiger partial charge in [-0.25, -0.2) is 0 Å². The van der Waals surface area contributed by atoms with Gasteiger partial charge in [-0.1, -0.05) is 29.3 Å². The summed E-state index contributed by atoms with van der Waals surface area (Å²) in [5, 5.41) is 10.9. The van der Waals surface area contributed by atoms with E-state index in [4.69, 9.17) is 4.99 Å². The van der Waals surface area contributed by atoms with Crippen LogP contribution in [0.25, 0.3) is 0 Å².